The van der Waals surface area contributed by atoms with Gasteiger partial charge in [-0.3, -0.25) is 4.68 Å². The van der Waals surface area contributed by atoms with Crippen molar-refractivity contribution in [3.05, 3.63) is 17.5 Å². The average Bonchev–Trinajstić information content (AvgIpc) is 2.75. The molecule has 1 aromatic heterocycles. The SMILES string of the molecule is Cc1c(C2OCCC2C#N)cnn1C. The van der Waals surface area contributed by atoms with Crippen molar-refractivity contribution in [2.75, 3.05) is 6.61 Å². The van der Waals surface area contributed by atoms with Crippen molar-refractivity contribution in [2.45, 2.75) is 19.4 Å². The maximum absolute atomic E-state index is 8.94. The van der Waals surface area contributed by atoms with Crippen LogP contribution in [-0.4, -0.2) is 16.4 Å². The Labute approximate surface area is 83.1 Å². The van der Waals surface area contributed by atoms with Gasteiger partial charge in [0.25, 0.3) is 0 Å². The van der Waals surface area contributed by atoms with E-state index in [-0.39, 0.29) is 12.0 Å². The summed E-state index contributed by atoms with van der Waals surface area (Å²) in [7, 11) is 1.90. The Morgan fingerprint density at radius 2 is 2.50 bits per heavy atom. The molecule has 0 N–H and O–H groups in total. The van der Waals surface area contributed by atoms with E-state index in [1.165, 1.54) is 0 Å². The van der Waals surface area contributed by atoms with Crippen LogP contribution in [0.25, 0.3) is 0 Å². The van der Waals surface area contributed by atoms with Crippen LogP contribution in [0.15, 0.2) is 6.20 Å². The van der Waals surface area contributed by atoms with Crippen molar-refractivity contribution < 1.29 is 4.74 Å². The molecule has 2 rings (SSSR count). The molecular formula is C10H13N3O. The molecule has 2 unspecified atom stereocenters. The van der Waals surface area contributed by atoms with E-state index in [1.54, 1.807) is 6.20 Å². The summed E-state index contributed by atoms with van der Waals surface area (Å²) in [6.45, 7) is 2.68. The fourth-order valence-corrected chi connectivity index (χ4v) is 1.82. The van der Waals surface area contributed by atoms with E-state index >= 15 is 0 Å². The molecule has 14 heavy (non-hydrogen) atoms. The number of aryl methyl sites for hydroxylation is 1. The topological polar surface area (TPSA) is 50.8 Å². The lowest BCUT2D eigenvalue weighted by atomic mass is 9.97. The molecule has 1 fully saturated rings. The lowest BCUT2D eigenvalue weighted by Crippen LogP contribution is -2.06. The van der Waals surface area contributed by atoms with E-state index in [0.717, 1.165) is 17.7 Å². The maximum atomic E-state index is 8.94. The van der Waals surface area contributed by atoms with Crippen LogP contribution < -0.4 is 0 Å². The first-order valence-corrected chi connectivity index (χ1v) is 4.73. The highest BCUT2D eigenvalue weighted by molar-refractivity contribution is 5.22. The zero-order valence-electron chi connectivity index (χ0n) is 8.40. The molecule has 2 atom stereocenters. The van der Waals surface area contributed by atoms with Crippen molar-refractivity contribution in [3.63, 3.8) is 0 Å². The summed E-state index contributed by atoms with van der Waals surface area (Å²) in [6.07, 6.45) is 2.55. The Balaban J connectivity index is 2.31. The maximum Gasteiger partial charge on any atom is 0.102 e. The van der Waals surface area contributed by atoms with E-state index in [1.807, 2.05) is 18.7 Å². The van der Waals surface area contributed by atoms with Crippen LogP contribution in [-0.2, 0) is 11.8 Å². The first kappa shape index (κ1) is 9.22. The van der Waals surface area contributed by atoms with Crippen molar-refractivity contribution in [3.8, 4) is 6.07 Å². The molecule has 0 spiro atoms. The molecule has 0 amide bonds. The average molecular weight is 191 g/mol. The van der Waals surface area contributed by atoms with Gasteiger partial charge in [-0.1, -0.05) is 0 Å². The number of nitriles is 1. The van der Waals surface area contributed by atoms with E-state index in [0.29, 0.717) is 6.61 Å². The zero-order valence-corrected chi connectivity index (χ0v) is 8.40. The first-order valence-electron chi connectivity index (χ1n) is 4.73. The summed E-state index contributed by atoms with van der Waals surface area (Å²) >= 11 is 0. The molecule has 0 saturated carbocycles. The Morgan fingerprint density at radius 1 is 1.71 bits per heavy atom. The fraction of sp³-hybridized carbons (Fsp3) is 0.600. The van der Waals surface area contributed by atoms with Crippen LogP contribution >= 0.6 is 0 Å². The third-order valence-corrected chi connectivity index (χ3v) is 2.84. The van der Waals surface area contributed by atoms with Gasteiger partial charge >= 0.3 is 0 Å². The summed E-state index contributed by atoms with van der Waals surface area (Å²) in [5.41, 5.74) is 2.13. The summed E-state index contributed by atoms with van der Waals surface area (Å²) in [6, 6.07) is 2.29. The molecule has 2 heterocycles. The van der Waals surface area contributed by atoms with E-state index < -0.39 is 0 Å². The summed E-state index contributed by atoms with van der Waals surface area (Å²) < 4.78 is 7.37. The molecule has 1 aromatic rings. The Hall–Kier alpha value is -1.34. The van der Waals surface area contributed by atoms with E-state index in [9.17, 15) is 0 Å². The molecule has 0 aliphatic carbocycles. The summed E-state index contributed by atoms with van der Waals surface area (Å²) in [5.74, 6) is -0.0158. The highest BCUT2D eigenvalue weighted by atomic mass is 16.5. The molecule has 1 aliphatic rings. The molecule has 4 heteroatoms. The van der Waals surface area contributed by atoms with Crippen LogP contribution in [0.2, 0.25) is 0 Å². The minimum atomic E-state index is -0.0753. The van der Waals surface area contributed by atoms with Crippen molar-refractivity contribution in [1.29, 1.82) is 5.26 Å². The minimum Gasteiger partial charge on any atom is -0.372 e. The lowest BCUT2D eigenvalue weighted by molar-refractivity contribution is 0.100. The van der Waals surface area contributed by atoms with Gasteiger partial charge in [-0.15, -0.1) is 0 Å². The first-order chi connectivity index (χ1) is 6.74. The van der Waals surface area contributed by atoms with Gasteiger partial charge in [-0.25, -0.2) is 0 Å². The number of ether oxygens (including phenoxy) is 1. The van der Waals surface area contributed by atoms with Gasteiger partial charge in [-0.05, 0) is 13.3 Å². The van der Waals surface area contributed by atoms with Crippen LogP contribution in [0.1, 0.15) is 23.8 Å². The Kier molecular flexibility index (Phi) is 2.26. The van der Waals surface area contributed by atoms with Crippen LogP contribution in [0.5, 0.6) is 0 Å². The number of aromatic nitrogens is 2. The molecule has 4 nitrogen and oxygen atoms in total. The van der Waals surface area contributed by atoms with Crippen molar-refractivity contribution >= 4 is 0 Å². The van der Waals surface area contributed by atoms with E-state index in [2.05, 4.69) is 11.2 Å². The molecule has 1 saturated heterocycles. The second-order valence-electron chi connectivity index (χ2n) is 3.62. The Morgan fingerprint density at radius 3 is 3.07 bits per heavy atom. The summed E-state index contributed by atoms with van der Waals surface area (Å²) in [4.78, 5) is 0. The molecule has 0 bridgehead atoms. The standard InChI is InChI=1S/C10H13N3O/c1-7-9(6-12-13(7)2)10-8(5-11)3-4-14-10/h6,8,10H,3-4H2,1-2H3. The number of rotatable bonds is 1. The minimum absolute atomic E-state index is 0.0158. The van der Waals surface area contributed by atoms with Gasteiger partial charge in [0.1, 0.15) is 6.10 Å². The van der Waals surface area contributed by atoms with E-state index in [4.69, 9.17) is 10.00 Å². The normalized spacial score (nSPS) is 26.4. The highest BCUT2D eigenvalue weighted by Gasteiger charge is 2.31. The second kappa shape index (κ2) is 3.43. The third-order valence-electron chi connectivity index (χ3n) is 2.84. The van der Waals surface area contributed by atoms with Gasteiger partial charge in [0, 0.05) is 24.9 Å². The number of hydrogen-bond donors (Lipinski definition) is 0. The quantitative estimate of drug-likeness (QED) is 0.672. The molecule has 0 aromatic carbocycles. The monoisotopic (exact) mass is 191 g/mol. The fourth-order valence-electron chi connectivity index (χ4n) is 1.82. The van der Waals surface area contributed by atoms with Crippen molar-refractivity contribution in [1.82, 2.24) is 9.78 Å². The molecule has 74 valence electrons. The highest BCUT2D eigenvalue weighted by Crippen LogP contribution is 2.35. The smallest absolute Gasteiger partial charge is 0.102 e. The molecule has 0 radical (unpaired) electrons. The van der Waals surface area contributed by atoms with Gasteiger partial charge < -0.3 is 4.74 Å². The van der Waals surface area contributed by atoms with Gasteiger partial charge in [0.2, 0.25) is 0 Å². The Bertz CT molecular complexity index is 377. The lowest BCUT2D eigenvalue weighted by Gasteiger charge is -2.11. The number of nitrogens with zero attached hydrogens (tertiary/aromatic N) is 3. The third kappa shape index (κ3) is 1.30. The largest absolute Gasteiger partial charge is 0.372 e. The predicted molar refractivity (Wildman–Crippen MR) is 50.4 cm³/mol. The predicted octanol–water partition coefficient (Wildman–Crippen LogP) is 1.33. The number of hydrogen-bond acceptors (Lipinski definition) is 3. The summed E-state index contributed by atoms with van der Waals surface area (Å²) in [5, 5.41) is 13.1. The van der Waals surface area contributed by atoms with Gasteiger partial charge in [0.15, 0.2) is 0 Å². The van der Waals surface area contributed by atoms with Gasteiger partial charge in [-0.2, -0.15) is 10.4 Å². The van der Waals surface area contributed by atoms with Crippen LogP contribution in [0, 0.1) is 24.2 Å². The molecular weight excluding hydrogens is 178 g/mol. The van der Waals surface area contributed by atoms with Crippen LogP contribution in [0.4, 0.5) is 0 Å². The second-order valence-corrected chi connectivity index (χ2v) is 3.62. The van der Waals surface area contributed by atoms with Crippen LogP contribution in [0.3, 0.4) is 0 Å². The van der Waals surface area contributed by atoms with Crippen molar-refractivity contribution in [2.24, 2.45) is 13.0 Å². The van der Waals surface area contributed by atoms with Gasteiger partial charge in [0.05, 0.1) is 18.2 Å². The zero-order chi connectivity index (χ0) is 10.1. The molecule has 1 aliphatic heterocycles.